The summed E-state index contributed by atoms with van der Waals surface area (Å²) in [6, 6.07) is 37.2. The zero-order valence-electron chi connectivity index (χ0n) is 30.6. The minimum atomic E-state index is 0. The first-order chi connectivity index (χ1) is 22.0. The van der Waals surface area contributed by atoms with Crippen molar-refractivity contribution in [2.75, 3.05) is 0 Å². The van der Waals surface area contributed by atoms with Crippen molar-refractivity contribution in [2.45, 2.75) is 91.1 Å². The maximum atomic E-state index is 2.54. The molecule has 0 fully saturated rings. The molecule has 3 radical (unpaired) electrons. The molecular weight excluding hydrogens is 731 g/mol. The number of allylic oxidation sites excluding steroid dienone is 1. The van der Waals surface area contributed by atoms with Crippen molar-refractivity contribution in [1.29, 1.82) is 0 Å². The van der Waals surface area contributed by atoms with Gasteiger partial charge in [0.1, 0.15) is 0 Å². The van der Waals surface area contributed by atoms with Gasteiger partial charge in [-0.1, -0.05) is 181 Å². The van der Waals surface area contributed by atoms with E-state index in [0.29, 0.717) is 0 Å². The first-order valence-electron chi connectivity index (χ1n) is 17.0. The molecule has 0 saturated carbocycles. The van der Waals surface area contributed by atoms with Crippen molar-refractivity contribution in [2.24, 2.45) is 0 Å². The molecule has 0 aliphatic heterocycles. The van der Waals surface area contributed by atoms with Gasteiger partial charge in [-0.2, -0.15) is 0 Å². The minimum Gasteiger partial charge on any atom is -1.00 e. The van der Waals surface area contributed by atoms with Crippen LogP contribution >= 0.6 is 0 Å². The van der Waals surface area contributed by atoms with Crippen LogP contribution in [0.2, 0.25) is 13.1 Å². The van der Waals surface area contributed by atoms with E-state index in [4.69, 9.17) is 0 Å². The van der Waals surface area contributed by atoms with Crippen molar-refractivity contribution in [3.63, 3.8) is 0 Å². The van der Waals surface area contributed by atoms with Gasteiger partial charge in [0.15, 0.2) is 0 Å². The Morgan fingerprint density at radius 2 is 1.27 bits per heavy atom. The molecule has 1 aliphatic carbocycles. The quantitative estimate of drug-likeness (QED) is 0.131. The third kappa shape index (κ3) is 7.94. The second kappa shape index (κ2) is 16.3. The van der Waals surface area contributed by atoms with Gasteiger partial charge in [0.2, 0.25) is 0 Å². The van der Waals surface area contributed by atoms with Crippen LogP contribution in [0.3, 0.4) is 0 Å². The molecule has 0 heterocycles. The Balaban J connectivity index is 0.00000105. The van der Waals surface area contributed by atoms with Gasteiger partial charge < -0.3 is 24.8 Å². The molecule has 49 heavy (non-hydrogen) atoms. The number of fused-ring (bicyclic) bond motifs is 5. The van der Waals surface area contributed by atoms with Crippen LogP contribution in [0.4, 0.5) is 0 Å². The van der Waals surface area contributed by atoms with Crippen molar-refractivity contribution < 1.29 is 51.0 Å². The van der Waals surface area contributed by atoms with Crippen LogP contribution in [0.1, 0.15) is 95.0 Å². The zero-order chi connectivity index (χ0) is 32.8. The van der Waals surface area contributed by atoms with Crippen molar-refractivity contribution in [3.05, 3.63) is 130 Å². The van der Waals surface area contributed by atoms with Gasteiger partial charge in [-0.25, -0.2) is 0 Å². The van der Waals surface area contributed by atoms with Crippen LogP contribution in [0, 0.1) is 0 Å². The maximum absolute atomic E-state index is 2.54. The Labute approximate surface area is 329 Å². The van der Waals surface area contributed by atoms with Gasteiger partial charge >= 0.3 is 26.2 Å². The van der Waals surface area contributed by atoms with Gasteiger partial charge in [-0.15, -0.1) is 33.7 Å². The van der Waals surface area contributed by atoms with E-state index in [2.05, 4.69) is 165 Å². The first kappa shape index (κ1) is 41.1. The molecule has 4 heteroatoms. The summed E-state index contributed by atoms with van der Waals surface area (Å²) in [6.45, 7) is 20.6. The fourth-order valence-corrected chi connectivity index (χ4v) is 7.30. The second-order valence-corrected chi connectivity index (χ2v) is 16.2. The third-order valence-electron chi connectivity index (χ3n) is 9.67. The second-order valence-electron chi connectivity index (χ2n) is 15.2. The van der Waals surface area contributed by atoms with Gasteiger partial charge in [-0.05, 0) is 50.3 Å². The predicted molar refractivity (Wildman–Crippen MR) is 206 cm³/mol. The summed E-state index contributed by atoms with van der Waals surface area (Å²) >= 11 is 0. The fourth-order valence-electron chi connectivity index (χ4n) is 7.30. The predicted octanol–water partition coefficient (Wildman–Crippen LogP) is 7.25. The van der Waals surface area contributed by atoms with Crippen LogP contribution in [0.25, 0.3) is 49.5 Å². The Hall–Kier alpha value is -2.35. The molecular formula is C45H49Cl2SiZr. The van der Waals surface area contributed by atoms with E-state index < -0.39 is 0 Å². The number of halogens is 2. The van der Waals surface area contributed by atoms with E-state index >= 15 is 0 Å². The standard InChI is InChI=1S/C43H43.C2H6Si.2ClH.Zr/c1-8-13-29-23-37-34(33-17-11-15-27-14-9-10-16-32(27)33)18-12-19-35(37)41(29)40-26-31(43(5,6)7)25-39-36-24-30(42(2,3)4)21-20-28(36)22-38(39)40;1-3-2;;;/h9-12,14-26,41H,8,13H2,1-7H3;1-2H3;2*1H;/q-1;;;;+3/p-2. The van der Waals surface area contributed by atoms with Crippen LogP contribution in [-0.2, 0) is 37.0 Å². The van der Waals surface area contributed by atoms with E-state index in [-0.39, 0.29) is 67.8 Å². The number of hydrogen-bond donors (Lipinski definition) is 0. The molecule has 6 aromatic carbocycles. The Morgan fingerprint density at radius 3 is 1.94 bits per heavy atom. The first-order valence-corrected chi connectivity index (χ1v) is 19.0. The molecule has 1 atom stereocenters. The maximum Gasteiger partial charge on any atom is 3.00 e. The number of rotatable bonds is 4. The average molecular weight is 780 g/mol. The van der Waals surface area contributed by atoms with Gasteiger partial charge in [0, 0.05) is 15.4 Å². The van der Waals surface area contributed by atoms with Crippen LogP contribution in [-0.4, -0.2) is 9.52 Å². The van der Waals surface area contributed by atoms with E-state index in [9.17, 15) is 0 Å². The minimum absolute atomic E-state index is 0. The summed E-state index contributed by atoms with van der Waals surface area (Å²) in [5.74, 6) is 0.258. The topological polar surface area (TPSA) is 0 Å². The number of hydrogen-bond acceptors (Lipinski definition) is 0. The molecule has 0 N–H and O–H groups in total. The van der Waals surface area contributed by atoms with Crippen molar-refractivity contribution in [1.82, 2.24) is 0 Å². The molecule has 0 bridgehead atoms. The zero-order valence-corrected chi connectivity index (χ0v) is 35.5. The van der Waals surface area contributed by atoms with Gasteiger partial charge in [0.05, 0.1) is 0 Å². The third-order valence-corrected chi connectivity index (χ3v) is 9.67. The molecule has 0 aromatic heterocycles. The Kier molecular flexibility index (Phi) is 13.7. The summed E-state index contributed by atoms with van der Waals surface area (Å²) in [5.41, 5.74) is 11.5. The largest absolute Gasteiger partial charge is 3.00 e. The Bertz CT molecular complexity index is 2080. The monoisotopic (exact) mass is 777 g/mol. The summed E-state index contributed by atoms with van der Waals surface area (Å²) < 4.78 is 0. The van der Waals surface area contributed by atoms with E-state index in [1.165, 1.54) is 76.8 Å². The van der Waals surface area contributed by atoms with Crippen molar-refractivity contribution >= 4 is 47.9 Å². The average Bonchev–Trinajstić information content (AvgIpc) is 3.58. The smallest absolute Gasteiger partial charge is 1.00 e. The molecule has 0 spiro atoms. The molecule has 0 nitrogen and oxygen atoms in total. The summed E-state index contributed by atoms with van der Waals surface area (Å²) in [5, 5.41) is 8.16. The normalized spacial score (nSPS) is 13.9. The Morgan fingerprint density at radius 1 is 0.653 bits per heavy atom. The van der Waals surface area contributed by atoms with E-state index in [1.54, 1.807) is 0 Å². The summed E-state index contributed by atoms with van der Waals surface area (Å²) in [4.78, 5) is 0. The molecule has 1 unspecified atom stereocenters. The summed E-state index contributed by atoms with van der Waals surface area (Å²) in [6.07, 6.45) is 4.78. The van der Waals surface area contributed by atoms with Crippen molar-refractivity contribution in [3.8, 4) is 11.1 Å². The van der Waals surface area contributed by atoms with Gasteiger partial charge in [0.25, 0.3) is 0 Å². The molecule has 6 aromatic rings. The number of benzene rings is 5. The molecule has 251 valence electrons. The van der Waals surface area contributed by atoms with Crippen LogP contribution in [0.15, 0.2) is 103 Å². The summed E-state index contributed by atoms with van der Waals surface area (Å²) in [7, 11) is 1.08. The van der Waals surface area contributed by atoms with E-state index in [0.717, 1.165) is 22.4 Å². The SMILES string of the molecule is CCCC1=Cc2c(-c3cccc4ccccc34)cccc2C1c1cc(C(C)(C)C)cc2c1[cH-]c1ccc(C(C)(C)C)cc12.C[Si]C.[Cl-].[Cl-].[Zr+3]. The van der Waals surface area contributed by atoms with Gasteiger partial charge in [-0.3, -0.25) is 0 Å². The van der Waals surface area contributed by atoms with Crippen LogP contribution in [0.5, 0.6) is 0 Å². The van der Waals surface area contributed by atoms with E-state index in [1.807, 2.05) is 0 Å². The molecule has 0 saturated heterocycles. The molecule has 1 aliphatic rings. The fraction of sp³-hybridized carbons (Fsp3) is 0.311. The molecule has 7 rings (SSSR count). The van der Waals surface area contributed by atoms with Crippen LogP contribution < -0.4 is 24.8 Å². The molecule has 0 amide bonds.